The largest absolute Gasteiger partial charge is 0.456 e. The van der Waals surface area contributed by atoms with E-state index in [1.165, 1.54) is 6.42 Å². The molecule has 8 fully saturated rings. The number of hydrogen-bond donors (Lipinski definition) is 0. The Balaban J connectivity index is 1.09. The number of carbonyl (C=O) groups excluding carboxylic acids is 3. The van der Waals surface area contributed by atoms with E-state index in [4.69, 9.17) is 14.2 Å². The van der Waals surface area contributed by atoms with Gasteiger partial charge >= 0.3 is 23.8 Å². The van der Waals surface area contributed by atoms with Crippen LogP contribution in [0.3, 0.4) is 0 Å². The summed E-state index contributed by atoms with van der Waals surface area (Å²) in [5, 5.41) is 0. The van der Waals surface area contributed by atoms with Gasteiger partial charge in [0, 0.05) is 18.8 Å². The van der Waals surface area contributed by atoms with Crippen LogP contribution in [0.15, 0.2) is 0 Å². The van der Waals surface area contributed by atoms with Crippen molar-refractivity contribution in [1.82, 2.24) is 0 Å². The number of carbonyl (C=O) groups is 3. The van der Waals surface area contributed by atoms with Gasteiger partial charge in [0.2, 0.25) is 0 Å². The van der Waals surface area contributed by atoms with Gasteiger partial charge in [-0.05, 0) is 108 Å². The van der Waals surface area contributed by atoms with Crippen molar-refractivity contribution in [2.75, 3.05) is 6.61 Å². The maximum atomic E-state index is 13.6. The van der Waals surface area contributed by atoms with Gasteiger partial charge in [0.1, 0.15) is 11.2 Å². The van der Waals surface area contributed by atoms with E-state index in [9.17, 15) is 23.2 Å². The summed E-state index contributed by atoms with van der Waals surface area (Å²) in [7, 11) is 0. The lowest BCUT2D eigenvalue weighted by molar-refractivity contribution is -0.237. The molecule has 0 aromatic heterocycles. The average molecular weight is 509 g/mol. The topological polar surface area (TPSA) is 78.9 Å². The number of esters is 3. The number of hydrogen-bond acceptors (Lipinski definition) is 6. The highest BCUT2D eigenvalue weighted by Crippen LogP contribution is 2.65. The number of halogens is 2. The van der Waals surface area contributed by atoms with Crippen molar-refractivity contribution in [3.63, 3.8) is 0 Å². The Labute approximate surface area is 211 Å². The Morgan fingerprint density at radius 1 is 0.750 bits per heavy atom. The van der Waals surface area contributed by atoms with Gasteiger partial charge in [0.05, 0.1) is 5.41 Å². The molecule has 8 saturated carbocycles. The molecule has 0 saturated heterocycles. The highest BCUT2D eigenvalue weighted by atomic mass is 19.3. The fourth-order valence-electron chi connectivity index (χ4n) is 9.73. The zero-order valence-corrected chi connectivity index (χ0v) is 21.5. The molecule has 8 aliphatic carbocycles. The zero-order chi connectivity index (χ0) is 25.7. The first-order valence-corrected chi connectivity index (χ1v) is 13.8. The summed E-state index contributed by atoms with van der Waals surface area (Å²) in [5.41, 5.74) is -2.22. The van der Waals surface area contributed by atoms with Crippen LogP contribution in [-0.4, -0.2) is 41.6 Å². The molecule has 0 amide bonds. The van der Waals surface area contributed by atoms with Gasteiger partial charge < -0.3 is 14.2 Å². The lowest BCUT2D eigenvalue weighted by Crippen LogP contribution is -2.63. The van der Waals surface area contributed by atoms with Crippen LogP contribution in [0.4, 0.5) is 8.78 Å². The summed E-state index contributed by atoms with van der Waals surface area (Å²) in [5.74, 6) is -3.71. The van der Waals surface area contributed by atoms with Gasteiger partial charge in [-0.25, -0.2) is 9.59 Å². The molecule has 0 N–H and O–H groups in total. The van der Waals surface area contributed by atoms with Crippen LogP contribution < -0.4 is 0 Å². The molecule has 2 unspecified atom stereocenters. The molecule has 8 heteroatoms. The Morgan fingerprint density at radius 3 is 1.78 bits per heavy atom. The third-order valence-corrected chi connectivity index (χ3v) is 11.3. The Bertz CT molecular complexity index is 926. The van der Waals surface area contributed by atoms with Crippen LogP contribution >= 0.6 is 0 Å². The van der Waals surface area contributed by atoms with Gasteiger partial charge in [-0.1, -0.05) is 0 Å². The quantitative estimate of drug-likeness (QED) is 0.368. The molecule has 0 radical (unpaired) electrons. The van der Waals surface area contributed by atoms with Crippen LogP contribution in [0.2, 0.25) is 0 Å². The molecule has 36 heavy (non-hydrogen) atoms. The number of rotatable bonds is 6. The molecule has 0 aromatic carbocycles. The summed E-state index contributed by atoms with van der Waals surface area (Å²) < 4.78 is 44.2. The van der Waals surface area contributed by atoms with Crippen molar-refractivity contribution in [1.29, 1.82) is 0 Å². The molecule has 0 spiro atoms. The fourth-order valence-corrected chi connectivity index (χ4v) is 9.73. The van der Waals surface area contributed by atoms with E-state index in [-0.39, 0.29) is 17.8 Å². The zero-order valence-electron chi connectivity index (χ0n) is 21.5. The molecule has 8 aliphatic rings. The molecule has 0 heterocycles. The summed E-state index contributed by atoms with van der Waals surface area (Å²) in [6.45, 7) is 3.97. The predicted molar refractivity (Wildman–Crippen MR) is 124 cm³/mol. The summed E-state index contributed by atoms with van der Waals surface area (Å²) in [6, 6.07) is 0. The Morgan fingerprint density at radius 2 is 1.25 bits per heavy atom. The van der Waals surface area contributed by atoms with Crippen molar-refractivity contribution < 1.29 is 37.4 Å². The fraction of sp³-hybridized carbons (Fsp3) is 0.893. The molecule has 6 nitrogen and oxygen atoms in total. The number of ether oxygens (including phenoxy) is 3. The lowest BCUT2D eigenvalue weighted by atomic mass is 9.45. The summed E-state index contributed by atoms with van der Waals surface area (Å²) in [4.78, 5) is 38.2. The van der Waals surface area contributed by atoms with Crippen molar-refractivity contribution in [3.05, 3.63) is 0 Å². The van der Waals surface area contributed by atoms with E-state index < -0.39 is 47.1 Å². The molecular formula is C28H38F2O6. The van der Waals surface area contributed by atoms with Crippen LogP contribution in [-0.2, 0) is 28.6 Å². The van der Waals surface area contributed by atoms with Gasteiger partial charge in [0.15, 0.2) is 6.61 Å². The highest BCUT2D eigenvalue weighted by molar-refractivity contribution is 5.81. The second kappa shape index (κ2) is 7.89. The average Bonchev–Trinajstić information content (AvgIpc) is 2.78. The molecule has 0 aromatic rings. The Hall–Kier alpha value is -1.73. The van der Waals surface area contributed by atoms with Gasteiger partial charge in [-0.15, -0.1) is 0 Å². The molecule has 0 aliphatic heterocycles. The first-order valence-electron chi connectivity index (χ1n) is 13.8. The molecule has 2 atom stereocenters. The Kier molecular flexibility index (Phi) is 5.39. The van der Waals surface area contributed by atoms with Crippen LogP contribution in [0.5, 0.6) is 0 Å². The van der Waals surface area contributed by atoms with Gasteiger partial charge in [-0.3, -0.25) is 4.79 Å². The third kappa shape index (κ3) is 3.71. The third-order valence-electron chi connectivity index (χ3n) is 11.3. The summed E-state index contributed by atoms with van der Waals surface area (Å²) >= 11 is 0. The second-order valence-electron chi connectivity index (χ2n) is 13.6. The minimum absolute atomic E-state index is 0.179. The van der Waals surface area contributed by atoms with E-state index >= 15 is 0 Å². The minimum Gasteiger partial charge on any atom is -0.456 e. The maximum Gasteiger partial charge on any atom is 0.377 e. The van der Waals surface area contributed by atoms with E-state index in [1.54, 1.807) is 6.92 Å². The maximum absolute atomic E-state index is 13.6. The molecule has 200 valence electrons. The monoisotopic (exact) mass is 508 g/mol. The lowest BCUT2D eigenvalue weighted by Gasteiger charge is -2.62. The first-order chi connectivity index (χ1) is 16.8. The van der Waals surface area contributed by atoms with E-state index in [0.717, 1.165) is 50.4 Å². The molecular weight excluding hydrogens is 470 g/mol. The van der Waals surface area contributed by atoms with E-state index in [0.29, 0.717) is 38.0 Å². The predicted octanol–water partition coefficient (Wildman–Crippen LogP) is 5.07. The van der Waals surface area contributed by atoms with Crippen molar-refractivity contribution >= 4 is 17.9 Å². The van der Waals surface area contributed by atoms with E-state index in [1.807, 2.05) is 0 Å². The first kappa shape index (κ1) is 24.6. The van der Waals surface area contributed by atoms with Gasteiger partial charge in [-0.2, -0.15) is 8.78 Å². The highest BCUT2D eigenvalue weighted by Gasteiger charge is 2.65. The molecule has 8 bridgehead atoms. The summed E-state index contributed by atoms with van der Waals surface area (Å²) in [6.07, 6.45) is 8.83. The minimum atomic E-state index is -3.55. The molecule has 8 rings (SSSR count). The van der Waals surface area contributed by atoms with Crippen molar-refractivity contribution in [2.45, 2.75) is 102 Å². The van der Waals surface area contributed by atoms with Gasteiger partial charge in [0.25, 0.3) is 0 Å². The standard InChI is InChI=1S/C28H38F2O6/c1-25(18-5-15-4-16(7-18)8-19(25)6-15)35-22(31)14-34-24(33)28-11-17-9-20(12-28)26(2,21(10-17)13-28)36-23(32)27(3,29)30/h15-21H,4-14H2,1-3H3. The van der Waals surface area contributed by atoms with Crippen molar-refractivity contribution in [2.24, 2.45) is 46.8 Å². The van der Waals surface area contributed by atoms with Crippen LogP contribution in [0.1, 0.15) is 85.0 Å². The second-order valence-corrected chi connectivity index (χ2v) is 13.6. The smallest absolute Gasteiger partial charge is 0.377 e. The van der Waals surface area contributed by atoms with Crippen LogP contribution in [0, 0.1) is 46.8 Å². The normalized spacial score (nSPS) is 48.1. The van der Waals surface area contributed by atoms with E-state index in [2.05, 4.69) is 6.92 Å². The SMILES string of the molecule is CC(F)(F)C(=O)OC1(C)C2CC3CC1CC(C(=O)OCC(=O)OC1(C)C4CC5CC(C4)CC1C5)(C3)C2. The van der Waals surface area contributed by atoms with Crippen LogP contribution in [0.25, 0.3) is 0 Å². The van der Waals surface area contributed by atoms with Crippen molar-refractivity contribution in [3.8, 4) is 0 Å². The number of alkyl halides is 2.